The molecule has 2 aromatic carbocycles. The summed E-state index contributed by atoms with van der Waals surface area (Å²) in [5, 5.41) is 1.93. The minimum atomic E-state index is -0.587. The summed E-state index contributed by atoms with van der Waals surface area (Å²) >= 11 is 2.77. The van der Waals surface area contributed by atoms with Crippen LogP contribution in [0.5, 0.6) is 11.5 Å². The van der Waals surface area contributed by atoms with Crippen LogP contribution in [0.3, 0.4) is 0 Å². The number of methoxy groups -OCH3 is 1. The number of esters is 1. The van der Waals surface area contributed by atoms with Gasteiger partial charge in [0.1, 0.15) is 12.6 Å². The molecule has 0 unspecified atom stereocenters. The van der Waals surface area contributed by atoms with E-state index in [4.69, 9.17) is 14.2 Å². The Kier molecular flexibility index (Phi) is 7.57. The van der Waals surface area contributed by atoms with Crippen LogP contribution in [0.15, 0.2) is 87.1 Å². The van der Waals surface area contributed by atoms with Gasteiger partial charge in [-0.15, -0.1) is 11.3 Å². The average Bonchev–Trinajstić information content (AvgIpc) is 3.56. The molecule has 0 saturated heterocycles. The molecule has 3 heterocycles. The first-order chi connectivity index (χ1) is 18.5. The van der Waals surface area contributed by atoms with Gasteiger partial charge in [-0.2, -0.15) is 0 Å². The highest BCUT2D eigenvalue weighted by Gasteiger charge is 2.33. The number of thiophene rings is 1. The van der Waals surface area contributed by atoms with Gasteiger partial charge in [-0.25, -0.2) is 9.79 Å². The standard InChI is InChI=1S/C29H26N2O5S2/c1-4-35-28(33)25-18(2)30-29-31(26(25)23-11-8-14-37-23)27(32)24(38-29)16-20-12-13-21(22(15-20)34-3)36-17-19-9-6-5-7-10-19/h5-16,26H,4,17H2,1-3H3/b24-16-/t26-/m1/s1. The molecule has 1 aliphatic rings. The number of hydrogen-bond acceptors (Lipinski definition) is 8. The first-order valence-electron chi connectivity index (χ1n) is 12.1. The Balaban J connectivity index is 1.53. The van der Waals surface area contributed by atoms with Crippen molar-refractivity contribution >= 4 is 34.7 Å². The van der Waals surface area contributed by atoms with Gasteiger partial charge in [-0.1, -0.05) is 53.8 Å². The van der Waals surface area contributed by atoms with Crippen LogP contribution in [0, 0.1) is 0 Å². The molecule has 9 heteroatoms. The number of ether oxygens (including phenoxy) is 3. The Labute approximate surface area is 227 Å². The van der Waals surface area contributed by atoms with Crippen molar-refractivity contribution in [2.75, 3.05) is 13.7 Å². The van der Waals surface area contributed by atoms with Gasteiger partial charge >= 0.3 is 5.97 Å². The van der Waals surface area contributed by atoms with Crippen molar-refractivity contribution in [3.05, 3.63) is 113 Å². The van der Waals surface area contributed by atoms with Crippen LogP contribution in [0.25, 0.3) is 6.08 Å². The number of allylic oxidation sites excluding steroid dienone is 1. The van der Waals surface area contributed by atoms with Gasteiger partial charge in [0.05, 0.1) is 29.5 Å². The summed E-state index contributed by atoms with van der Waals surface area (Å²) in [6.07, 6.45) is 1.81. The van der Waals surface area contributed by atoms with E-state index in [0.29, 0.717) is 38.7 Å². The molecule has 1 aliphatic heterocycles. The predicted octanol–water partition coefficient (Wildman–Crippen LogP) is 4.45. The molecule has 7 nitrogen and oxygen atoms in total. The average molecular weight is 547 g/mol. The lowest BCUT2D eigenvalue weighted by Crippen LogP contribution is -2.39. The molecular formula is C29H26N2O5S2. The number of carbonyl (C=O) groups is 1. The monoisotopic (exact) mass is 546 g/mol. The molecule has 0 fully saturated rings. The van der Waals surface area contributed by atoms with E-state index in [-0.39, 0.29) is 12.2 Å². The van der Waals surface area contributed by atoms with Crippen LogP contribution >= 0.6 is 22.7 Å². The molecule has 1 atom stereocenters. The summed E-state index contributed by atoms with van der Waals surface area (Å²) in [6, 6.07) is 18.7. The molecule has 0 spiro atoms. The highest BCUT2D eigenvalue weighted by Crippen LogP contribution is 2.33. The molecule has 0 radical (unpaired) electrons. The first kappa shape index (κ1) is 25.7. The Morgan fingerprint density at radius 1 is 1.11 bits per heavy atom. The lowest BCUT2D eigenvalue weighted by Gasteiger charge is -2.23. The number of thiazole rings is 1. The van der Waals surface area contributed by atoms with Crippen molar-refractivity contribution in [3.63, 3.8) is 0 Å². The molecule has 194 valence electrons. The van der Waals surface area contributed by atoms with Crippen LogP contribution in [0.4, 0.5) is 0 Å². The number of carbonyl (C=O) groups excluding carboxylic acids is 1. The fourth-order valence-corrected chi connectivity index (χ4v) is 6.16. The van der Waals surface area contributed by atoms with Gasteiger partial charge < -0.3 is 14.2 Å². The van der Waals surface area contributed by atoms with Gasteiger partial charge in [0, 0.05) is 4.88 Å². The molecule has 2 aromatic heterocycles. The Bertz CT molecular complexity index is 1670. The molecule has 5 rings (SSSR count). The fraction of sp³-hybridized carbons (Fsp3) is 0.207. The fourth-order valence-electron chi connectivity index (χ4n) is 4.29. The summed E-state index contributed by atoms with van der Waals surface area (Å²) in [5.41, 5.74) is 2.56. The Hall–Kier alpha value is -3.95. The number of rotatable bonds is 8. The maximum Gasteiger partial charge on any atom is 0.338 e. The predicted molar refractivity (Wildman–Crippen MR) is 148 cm³/mol. The van der Waals surface area contributed by atoms with Crippen molar-refractivity contribution < 1.29 is 19.0 Å². The molecule has 0 bridgehead atoms. The van der Waals surface area contributed by atoms with Crippen molar-refractivity contribution in [3.8, 4) is 11.5 Å². The molecule has 0 saturated carbocycles. The van der Waals surface area contributed by atoms with Crippen molar-refractivity contribution in [2.45, 2.75) is 26.5 Å². The molecule has 38 heavy (non-hydrogen) atoms. The van der Waals surface area contributed by atoms with Crippen molar-refractivity contribution in [1.29, 1.82) is 0 Å². The van der Waals surface area contributed by atoms with Crippen LogP contribution in [0.2, 0.25) is 0 Å². The summed E-state index contributed by atoms with van der Waals surface area (Å²) in [5.74, 6) is 0.721. The maximum atomic E-state index is 13.7. The first-order valence-corrected chi connectivity index (χ1v) is 13.8. The second-order valence-corrected chi connectivity index (χ2v) is 10.5. The number of fused-ring (bicyclic) bond motifs is 1. The van der Waals surface area contributed by atoms with E-state index in [1.807, 2.05) is 72.1 Å². The number of nitrogens with zero attached hydrogens (tertiary/aromatic N) is 2. The number of aromatic nitrogens is 1. The zero-order chi connectivity index (χ0) is 26.6. The second kappa shape index (κ2) is 11.2. The van der Waals surface area contributed by atoms with Crippen LogP contribution in [0.1, 0.15) is 35.9 Å². The summed E-state index contributed by atoms with van der Waals surface area (Å²) in [6.45, 7) is 4.20. The van der Waals surface area contributed by atoms with E-state index in [2.05, 4.69) is 4.99 Å². The van der Waals surface area contributed by atoms with Gasteiger partial charge in [-0.05, 0) is 54.6 Å². The van der Waals surface area contributed by atoms with Gasteiger partial charge in [-0.3, -0.25) is 9.36 Å². The van der Waals surface area contributed by atoms with E-state index in [0.717, 1.165) is 16.0 Å². The molecular weight excluding hydrogens is 520 g/mol. The van der Waals surface area contributed by atoms with E-state index >= 15 is 0 Å². The highest BCUT2D eigenvalue weighted by atomic mass is 32.1. The number of hydrogen-bond donors (Lipinski definition) is 0. The van der Waals surface area contributed by atoms with Crippen LogP contribution in [-0.4, -0.2) is 24.3 Å². The van der Waals surface area contributed by atoms with Crippen molar-refractivity contribution in [1.82, 2.24) is 4.57 Å². The topological polar surface area (TPSA) is 79.1 Å². The molecule has 0 aliphatic carbocycles. The second-order valence-electron chi connectivity index (χ2n) is 8.50. The Morgan fingerprint density at radius 2 is 1.92 bits per heavy atom. The van der Waals surface area contributed by atoms with Gasteiger partial charge in [0.15, 0.2) is 16.3 Å². The quantitative estimate of drug-likeness (QED) is 0.305. The third-order valence-corrected chi connectivity index (χ3v) is 7.96. The number of benzene rings is 2. The summed E-state index contributed by atoms with van der Waals surface area (Å²) < 4.78 is 19.0. The third kappa shape index (κ3) is 5.07. The zero-order valence-electron chi connectivity index (χ0n) is 21.2. The lowest BCUT2D eigenvalue weighted by atomic mass is 10.0. The van der Waals surface area contributed by atoms with Crippen LogP contribution < -0.4 is 24.4 Å². The minimum Gasteiger partial charge on any atom is -0.493 e. The largest absolute Gasteiger partial charge is 0.493 e. The third-order valence-electron chi connectivity index (χ3n) is 6.05. The summed E-state index contributed by atoms with van der Waals surface area (Å²) in [7, 11) is 1.59. The van der Waals surface area contributed by atoms with Gasteiger partial charge in [0.2, 0.25) is 0 Å². The van der Waals surface area contributed by atoms with E-state index in [9.17, 15) is 9.59 Å². The molecule has 4 aromatic rings. The SMILES string of the molecule is CCOC(=O)C1=C(C)N=c2s/c(=C\c3ccc(OCc4ccccc4)c(OC)c3)c(=O)n2[C@@H]1c1cccs1. The molecule has 0 N–H and O–H groups in total. The lowest BCUT2D eigenvalue weighted by molar-refractivity contribution is -0.139. The van der Waals surface area contributed by atoms with Crippen molar-refractivity contribution in [2.24, 2.45) is 4.99 Å². The zero-order valence-corrected chi connectivity index (χ0v) is 22.8. The van der Waals surface area contributed by atoms with E-state index in [1.165, 1.54) is 22.7 Å². The molecule has 0 amide bonds. The highest BCUT2D eigenvalue weighted by molar-refractivity contribution is 7.10. The maximum absolute atomic E-state index is 13.7. The van der Waals surface area contributed by atoms with E-state index in [1.54, 1.807) is 25.5 Å². The van der Waals surface area contributed by atoms with Gasteiger partial charge in [0.25, 0.3) is 5.56 Å². The Morgan fingerprint density at radius 3 is 2.63 bits per heavy atom. The summed E-state index contributed by atoms with van der Waals surface area (Å²) in [4.78, 5) is 32.6. The normalized spacial score (nSPS) is 15.1. The van der Waals surface area contributed by atoms with E-state index < -0.39 is 12.0 Å². The minimum absolute atomic E-state index is 0.218. The van der Waals surface area contributed by atoms with Crippen LogP contribution in [-0.2, 0) is 16.1 Å². The smallest absolute Gasteiger partial charge is 0.338 e.